The molecule has 1 amide bonds. The zero-order valence-corrected chi connectivity index (χ0v) is 15.9. The fourth-order valence-electron chi connectivity index (χ4n) is 3.62. The molecule has 4 aromatic rings. The number of nitrogens with zero attached hydrogens (tertiary/aromatic N) is 3. The van der Waals surface area contributed by atoms with Crippen molar-refractivity contribution in [2.24, 2.45) is 0 Å². The molecule has 0 radical (unpaired) electrons. The van der Waals surface area contributed by atoms with E-state index in [1.165, 1.54) is 17.3 Å². The zero-order chi connectivity index (χ0) is 18.9. The fourth-order valence-corrected chi connectivity index (χ4v) is 4.26. The summed E-state index contributed by atoms with van der Waals surface area (Å²) in [6.07, 6.45) is 3.87. The number of aryl methyl sites for hydroxylation is 1. The third-order valence-electron chi connectivity index (χ3n) is 4.96. The molecular weight excluding hydrogens is 372 g/mol. The number of anilines is 1. The minimum Gasteiger partial charge on any atom is -0.411 e. The summed E-state index contributed by atoms with van der Waals surface area (Å²) in [4.78, 5) is 17.8. The molecule has 1 aliphatic rings. The van der Waals surface area contributed by atoms with Gasteiger partial charge < -0.3 is 14.3 Å². The molecule has 3 heterocycles. The lowest BCUT2D eigenvalue weighted by Crippen LogP contribution is -2.36. The molecule has 28 heavy (non-hydrogen) atoms. The highest BCUT2D eigenvalue weighted by molar-refractivity contribution is 7.99. The summed E-state index contributed by atoms with van der Waals surface area (Å²) in [5.74, 6) is 0.781. The molecule has 0 aliphatic carbocycles. The Balaban J connectivity index is 1.30. The van der Waals surface area contributed by atoms with Crippen LogP contribution in [0.25, 0.3) is 22.4 Å². The van der Waals surface area contributed by atoms with Crippen LogP contribution in [0.3, 0.4) is 0 Å². The molecule has 0 fully saturated rings. The molecular formula is C21H18N4O2S. The van der Waals surface area contributed by atoms with Crippen LogP contribution in [0.5, 0.6) is 0 Å². The van der Waals surface area contributed by atoms with Gasteiger partial charge in [-0.1, -0.05) is 48.2 Å². The van der Waals surface area contributed by atoms with E-state index in [0.717, 1.165) is 41.5 Å². The SMILES string of the molecule is O=C(CSc1nnc(-c2c[nH]c3ccccc23)o1)N1CCCc2ccccc21. The van der Waals surface area contributed by atoms with Gasteiger partial charge in [-0.2, -0.15) is 0 Å². The number of carbonyl (C=O) groups excluding carboxylic acids is 1. The number of nitrogens with one attached hydrogen (secondary N) is 1. The van der Waals surface area contributed by atoms with Crippen LogP contribution < -0.4 is 4.90 Å². The van der Waals surface area contributed by atoms with Crippen molar-refractivity contribution in [3.05, 3.63) is 60.3 Å². The normalized spacial score (nSPS) is 13.6. The summed E-state index contributed by atoms with van der Waals surface area (Å²) >= 11 is 1.28. The Hall–Kier alpha value is -3.06. The van der Waals surface area contributed by atoms with Crippen molar-refractivity contribution in [1.29, 1.82) is 0 Å². The Morgan fingerprint density at radius 3 is 2.96 bits per heavy atom. The number of aromatic nitrogens is 3. The first-order valence-corrected chi connectivity index (χ1v) is 10.2. The van der Waals surface area contributed by atoms with Crippen molar-refractivity contribution in [3.63, 3.8) is 0 Å². The molecule has 1 N–H and O–H groups in total. The molecule has 0 spiro atoms. The lowest BCUT2D eigenvalue weighted by atomic mass is 10.0. The summed E-state index contributed by atoms with van der Waals surface area (Å²) in [5.41, 5.74) is 4.13. The van der Waals surface area contributed by atoms with Crippen molar-refractivity contribution in [2.45, 2.75) is 18.1 Å². The molecule has 2 aromatic carbocycles. The maximum absolute atomic E-state index is 12.8. The van der Waals surface area contributed by atoms with E-state index in [0.29, 0.717) is 11.1 Å². The molecule has 6 nitrogen and oxygen atoms in total. The number of aromatic amines is 1. The van der Waals surface area contributed by atoms with Crippen LogP contribution in [0.4, 0.5) is 5.69 Å². The largest absolute Gasteiger partial charge is 0.411 e. The van der Waals surface area contributed by atoms with E-state index in [2.05, 4.69) is 21.2 Å². The van der Waals surface area contributed by atoms with Gasteiger partial charge >= 0.3 is 0 Å². The van der Waals surface area contributed by atoms with Crippen molar-refractivity contribution < 1.29 is 9.21 Å². The van der Waals surface area contributed by atoms with E-state index in [9.17, 15) is 4.79 Å². The average Bonchev–Trinajstić information content (AvgIpc) is 3.38. The van der Waals surface area contributed by atoms with Crippen molar-refractivity contribution >= 4 is 34.3 Å². The maximum atomic E-state index is 12.8. The number of amides is 1. The predicted molar refractivity (Wildman–Crippen MR) is 109 cm³/mol. The summed E-state index contributed by atoms with van der Waals surface area (Å²) < 4.78 is 5.79. The van der Waals surface area contributed by atoms with Crippen LogP contribution in [-0.2, 0) is 11.2 Å². The van der Waals surface area contributed by atoms with Gasteiger partial charge in [0.1, 0.15) is 0 Å². The molecule has 140 valence electrons. The molecule has 0 saturated heterocycles. The molecule has 2 aromatic heterocycles. The lowest BCUT2D eigenvalue weighted by Gasteiger charge is -2.29. The van der Waals surface area contributed by atoms with Crippen LogP contribution in [0, 0.1) is 0 Å². The number of rotatable bonds is 4. The fraction of sp³-hybridized carbons (Fsp3) is 0.190. The second kappa shape index (κ2) is 7.16. The van der Waals surface area contributed by atoms with Gasteiger partial charge in [-0.15, -0.1) is 10.2 Å². The van der Waals surface area contributed by atoms with E-state index in [1.54, 1.807) is 0 Å². The van der Waals surface area contributed by atoms with Crippen molar-refractivity contribution in [2.75, 3.05) is 17.2 Å². The highest BCUT2D eigenvalue weighted by Gasteiger charge is 2.23. The van der Waals surface area contributed by atoms with Gasteiger partial charge in [0.2, 0.25) is 5.91 Å². The molecule has 7 heteroatoms. The molecule has 0 bridgehead atoms. The van der Waals surface area contributed by atoms with Crippen LogP contribution in [-0.4, -0.2) is 33.4 Å². The Kier molecular flexibility index (Phi) is 4.37. The number of hydrogen-bond acceptors (Lipinski definition) is 5. The average molecular weight is 390 g/mol. The van der Waals surface area contributed by atoms with E-state index < -0.39 is 0 Å². The van der Waals surface area contributed by atoms with Gasteiger partial charge in [-0.05, 0) is 30.5 Å². The predicted octanol–water partition coefficient (Wildman–Crippen LogP) is 4.29. The summed E-state index contributed by atoms with van der Waals surface area (Å²) in [7, 11) is 0. The molecule has 5 rings (SSSR count). The third-order valence-corrected chi connectivity index (χ3v) is 5.76. The van der Waals surface area contributed by atoms with Gasteiger partial charge in [-0.3, -0.25) is 4.79 Å². The Bertz CT molecular complexity index is 1150. The minimum absolute atomic E-state index is 0.0593. The second-order valence-electron chi connectivity index (χ2n) is 6.69. The Labute approximate surface area is 166 Å². The summed E-state index contributed by atoms with van der Waals surface area (Å²) in [6, 6.07) is 16.1. The maximum Gasteiger partial charge on any atom is 0.277 e. The first-order valence-electron chi connectivity index (χ1n) is 9.20. The number of benzene rings is 2. The zero-order valence-electron chi connectivity index (χ0n) is 15.1. The summed E-state index contributed by atoms with van der Waals surface area (Å²) in [6.45, 7) is 0.751. The molecule has 0 saturated carbocycles. The number of fused-ring (bicyclic) bond motifs is 2. The van der Waals surface area contributed by atoms with E-state index in [-0.39, 0.29) is 11.7 Å². The first kappa shape index (κ1) is 17.1. The van der Waals surface area contributed by atoms with Crippen LogP contribution in [0.2, 0.25) is 0 Å². The van der Waals surface area contributed by atoms with Gasteiger partial charge in [0.05, 0.1) is 11.3 Å². The number of H-pyrrole nitrogens is 1. The Morgan fingerprint density at radius 1 is 1.14 bits per heavy atom. The number of carbonyl (C=O) groups is 1. The number of para-hydroxylation sites is 2. The van der Waals surface area contributed by atoms with Crippen molar-refractivity contribution in [1.82, 2.24) is 15.2 Å². The lowest BCUT2D eigenvalue weighted by molar-refractivity contribution is -0.116. The highest BCUT2D eigenvalue weighted by atomic mass is 32.2. The van der Waals surface area contributed by atoms with Crippen LogP contribution in [0.15, 0.2) is 64.4 Å². The standard InChI is InChI=1S/C21H18N4O2S/c26-19(25-11-5-7-14-6-1-4-10-18(14)25)13-28-21-24-23-20(27-21)16-12-22-17-9-3-2-8-15(16)17/h1-4,6,8-10,12,22H,5,7,11,13H2. The van der Waals surface area contributed by atoms with E-state index in [4.69, 9.17) is 4.42 Å². The molecule has 0 atom stereocenters. The van der Waals surface area contributed by atoms with Crippen LogP contribution >= 0.6 is 11.8 Å². The van der Waals surface area contributed by atoms with Gasteiger partial charge in [0, 0.05) is 29.3 Å². The van der Waals surface area contributed by atoms with Gasteiger partial charge in [0.25, 0.3) is 11.1 Å². The Morgan fingerprint density at radius 2 is 2.00 bits per heavy atom. The van der Waals surface area contributed by atoms with Crippen LogP contribution in [0.1, 0.15) is 12.0 Å². The van der Waals surface area contributed by atoms with Gasteiger partial charge in [0.15, 0.2) is 0 Å². The van der Waals surface area contributed by atoms with E-state index in [1.807, 2.05) is 53.6 Å². The third kappa shape index (κ3) is 3.07. The summed E-state index contributed by atoms with van der Waals surface area (Å²) in [5, 5.41) is 9.69. The molecule has 1 aliphatic heterocycles. The number of hydrogen-bond donors (Lipinski definition) is 1. The minimum atomic E-state index is 0.0593. The van der Waals surface area contributed by atoms with Gasteiger partial charge in [-0.25, -0.2) is 0 Å². The molecule has 0 unspecified atom stereocenters. The number of thioether (sulfide) groups is 1. The monoisotopic (exact) mass is 390 g/mol. The quantitative estimate of drug-likeness (QED) is 0.526. The topological polar surface area (TPSA) is 75.0 Å². The smallest absolute Gasteiger partial charge is 0.277 e. The highest BCUT2D eigenvalue weighted by Crippen LogP contribution is 2.31. The first-order chi connectivity index (χ1) is 13.8. The second-order valence-corrected chi connectivity index (χ2v) is 7.61. The van der Waals surface area contributed by atoms with Crippen molar-refractivity contribution in [3.8, 4) is 11.5 Å². The van der Waals surface area contributed by atoms with E-state index >= 15 is 0 Å².